The van der Waals surface area contributed by atoms with Crippen molar-refractivity contribution in [3.05, 3.63) is 35.4 Å². The zero-order valence-electron chi connectivity index (χ0n) is 8.24. The predicted molar refractivity (Wildman–Crippen MR) is 63.2 cm³/mol. The van der Waals surface area contributed by atoms with E-state index in [-0.39, 0.29) is 12.4 Å². The molecule has 1 nitrogen and oxygen atoms in total. The van der Waals surface area contributed by atoms with Crippen LogP contribution in [0, 0.1) is 0 Å². The number of halogens is 2. The van der Waals surface area contributed by atoms with E-state index < -0.39 is 0 Å². The molecule has 0 saturated carbocycles. The van der Waals surface area contributed by atoms with Crippen LogP contribution in [0.4, 0.5) is 0 Å². The Labute approximate surface area is 96.6 Å². The molecule has 1 aliphatic rings. The van der Waals surface area contributed by atoms with E-state index >= 15 is 0 Å². The Morgan fingerprint density at radius 2 is 2.07 bits per heavy atom. The smallest absolute Gasteiger partial charge is 0.0205 e. The number of rotatable bonds is 0. The molecule has 1 aromatic rings. The Balaban J connectivity index is 0.000000980. The summed E-state index contributed by atoms with van der Waals surface area (Å²) < 4.78 is 1.89. The van der Waals surface area contributed by atoms with E-state index in [1.165, 1.54) is 11.1 Å². The molecule has 3 heteroatoms. The van der Waals surface area contributed by atoms with Gasteiger partial charge in [0.2, 0.25) is 0 Å². The van der Waals surface area contributed by atoms with Crippen LogP contribution in [0.25, 0.3) is 0 Å². The average molecular weight is 232 g/mol. The Hall–Kier alpha value is -0.240. The minimum atomic E-state index is 0. The van der Waals surface area contributed by atoms with Crippen LogP contribution in [-0.2, 0) is 6.42 Å². The summed E-state index contributed by atoms with van der Waals surface area (Å²) in [5.41, 5.74) is 2.92. The van der Waals surface area contributed by atoms with Gasteiger partial charge in [-0.3, -0.25) is 0 Å². The predicted octanol–water partition coefficient (Wildman–Crippen LogP) is 3.22. The summed E-state index contributed by atoms with van der Waals surface area (Å²) >= 11 is 6.04. The molecule has 2 rings (SSSR count). The van der Waals surface area contributed by atoms with Gasteiger partial charge in [0, 0.05) is 13.1 Å². The van der Waals surface area contributed by atoms with E-state index in [0.717, 1.165) is 19.5 Å². The van der Waals surface area contributed by atoms with E-state index in [2.05, 4.69) is 31.2 Å². The van der Waals surface area contributed by atoms with Crippen molar-refractivity contribution in [1.29, 1.82) is 0 Å². The van der Waals surface area contributed by atoms with Gasteiger partial charge < -0.3 is 0 Å². The molecule has 0 bridgehead atoms. The monoisotopic (exact) mass is 231 g/mol. The van der Waals surface area contributed by atoms with Gasteiger partial charge in [-0.15, -0.1) is 12.4 Å². The summed E-state index contributed by atoms with van der Waals surface area (Å²) in [7, 11) is 0. The molecule has 0 N–H and O–H groups in total. The second kappa shape index (κ2) is 5.01. The fourth-order valence-corrected chi connectivity index (χ4v) is 2.26. The summed E-state index contributed by atoms with van der Waals surface area (Å²) in [6.45, 7) is 4.15. The van der Waals surface area contributed by atoms with Crippen LogP contribution in [0.5, 0.6) is 0 Å². The highest BCUT2D eigenvalue weighted by molar-refractivity contribution is 6.13. The zero-order valence-corrected chi connectivity index (χ0v) is 9.81. The SMILES string of the molecule is C[C@@H]1CN(Cl)CCc2ccccc21.Cl. The zero-order chi connectivity index (χ0) is 9.26. The van der Waals surface area contributed by atoms with E-state index in [1.807, 2.05) is 4.42 Å². The van der Waals surface area contributed by atoms with Crippen molar-refractivity contribution in [3.8, 4) is 0 Å². The molecule has 0 spiro atoms. The van der Waals surface area contributed by atoms with Crippen LogP contribution < -0.4 is 0 Å². The molecule has 1 atom stereocenters. The van der Waals surface area contributed by atoms with Crippen molar-refractivity contribution in [2.24, 2.45) is 0 Å². The minimum Gasteiger partial charge on any atom is -0.219 e. The third-order valence-corrected chi connectivity index (χ3v) is 2.99. The first-order valence-corrected chi connectivity index (χ1v) is 5.09. The summed E-state index contributed by atoms with van der Waals surface area (Å²) in [4.78, 5) is 0. The molecule has 14 heavy (non-hydrogen) atoms. The Morgan fingerprint density at radius 1 is 1.36 bits per heavy atom. The first-order chi connectivity index (χ1) is 6.27. The lowest BCUT2D eigenvalue weighted by molar-refractivity contribution is 0.446. The fourth-order valence-electron chi connectivity index (χ4n) is 1.97. The maximum Gasteiger partial charge on any atom is 0.0205 e. The summed E-state index contributed by atoms with van der Waals surface area (Å²) in [5.74, 6) is 0.552. The van der Waals surface area contributed by atoms with Crippen LogP contribution in [0.3, 0.4) is 0 Å². The maximum atomic E-state index is 6.04. The highest BCUT2D eigenvalue weighted by atomic mass is 35.5. The maximum absolute atomic E-state index is 6.04. The first kappa shape index (κ1) is 11.8. The highest BCUT2D eigenvalue weighted by Crippen LogP contribution is 2.25. The lowest BCUT2D eigenvalue weighted by Crippen LogP contribution is -2.16. The standard InChI is InChI=1S/C11H14ClN.ClH/c1-9-8-13(12)7-6-10-4-2-3-5-11(9)10;/h2-5,9H,6-8H2,1H3;1H/t9-;/m1./s1. The molecule has 0 radical (unpaired) electrons. The summed E-state index contributed by atoms with van der Waals surface area (Å²) in [5, 5.41) is 0. The molecule has 0 aromatic heterocycles. The lowest BCUT2D eigenvalue weighted by Gasteiger charge is -2.14. The van der Waals surface area contributed by atoms with Crippen molar-refractivity contribution >= 4 is 24.2 Å². The molecule has 0 aliphatic carbocycles. The topological polar surface area (TPSA) is 3.24 Å². The normalized spacial score (nSPS) is 22.0. The first-order valence-electron chi connectivity index (χ1n) is 4.76. The van der Waals surface area contributed by atoms with Crippen LogP contribution in [0.2, 0.25) is 0 Å². The second-order valence-corrected chi connectivity index (χ2v) is 4.20. The molecule has 1 aromatic carbocycles. The number of hydrogen-bond acceptors (Lipinski definition) is 1. The van der Waals surface area contributed by atoms with Gasteiger partial charge >= 0.3 is 0 Å². The van der Waals surface area contributed by atoms with Gasteiger partial charge in [-0.25, -0.2) is 4.42 Å². The molecule has 1 aliphatic heterocycles. The molecular weight excluding hydrogens is 217 g/mol. The molecule has 0 saturated heterocycles. The number of benzene rings is 1. The molecule has 0 unspecified atom stereocenters. The van der Waals surface area contributed by atoms with Gasteiger partial charge in [0.05, 0.1) is 0 Å². The van der Waals surface area contributed by atoms with Crippen LogP contribution in [0.15, 0.2) is 24.3 Å². The molecule has 0 fully saturated rings. The largest absolute Gasteiger partial charge is 0.219 e. The van der Waals surface area contributed by atoms with Gasteiger partial charge in [-0.05, 0) is 35.2 Å². The number of nitrogens with zero attached hydrogens (tertiary/aromatic N) is 1. The fraction of sp³-hybridized carbons (Fsp3) is 0.455. The highest BCUT2D eigenvalue weighted by Gasteiger charge is 2.17. The van der Waals surface area contributed by atoms with Crippen LogP contribution >= 0.6 is 24.2 Å². The van der Waals surface area contributed by atoms with Crippen molar-refractivity contribution in [2.75, 3.05) is 13.1 Å². The third-order valence-electron chi connectivity index (χ3n) is 2.68. The van der Waals surface area contributed by atoms with E-state index in [1.54, 1.807) is 0 Å². The molecular formula is C11H15Cl2N. The lowest BCUT2D eigenvalue weighted by atomic mass is 9.96. The van der Waals surface area contributed by atoms with E-state index in [4.69, 9.17) is 11.8 Å². The quantitative estimate of drug-likeness (QED) is 0.621. The number of fused-ring (bicyclic) bond motifs is 1. The second-order valence-electron chi connectivity index (χ2n) is 3.72. The van der Waals surface area contributed by atoms with E-state index in [9.17, 15) is 0 Å². The van der Waals surface area contributed by atoms with Crippen molar-refractivity contribution in [1.82, 2.24) is 4.42 Å². The minimum absolute atomic E-state index is 0. The van der Waals surface area contributed by atoms with Gasteiger partial charge in [0.25, 0.3) is 0 Å². The number of hydrogen-bond donors (Lipinski definition) is 0. The van der Waals surface area contributed by atoms with Gasteiger partial charge in [-0.2, -0.15) is 0 Å². The van der Waals surface area contributed by atoms with Crippen molar-refractivity contribution in [3.63, 3.8) is 0 Å². The summed E-state index contributed by atoms with van der Waals surface area (Å²) in [6.07, 6.45) is 1.07. The van der Waals surface area contributed by atoms with E-state index in [0.29, 0.717) is 5.92 Å². The average Bonchev–Trinajstić information content (AvgIpc) is 2.27. The Bertz CT molecular complexity index is 301. The van der Waals surface area contributed by atoms with Crippen LogP contribution in [0.1, 0.15) is 24.0 Å². The van der Waals surface area contributed by atoms with Crippen molar-refractivity contribution < 1.29 is 0 Å². The molecule has 1 heterocycles. The van der Waals surface area contributed by atoms with Gasteiger partial charge in [-0.1, -0.05) is 31.2 Å². The third kappa shape index (κ3) is 2.41. The van der Waals surface area contributed by atoms with Crippen LogP contribution in [-0.4, -0.2) is 17.5 Å². The Morgan fingerprint density at radius 3 is 2.86 bits per heavy atom. The Kier molecular flexibility index (Phi) is 4.24. The van der Waals surface area contributed by atoms with Gasteiger partial charge in [0.1, 0.15) is 0 Å². The van der Waals surface area contributed by atoms with Crippen molar-refractivity contribution in [2.45, 2.75) is 19.3 Å². The molecule has 0 amide bonds. The summed E-state index contributed by atoms with van der Waals surface area (Å²) in [6, 6.07) is 8.65. The van der Waals surface area contributed by atoms with Gasteiger partial charge in [0.15, 0.2) is 0 Å². The molecule has 78 valence electrons.